The number of aryl methyl sites for hydroxylation is 2. The van der Waals surface area contributed by atoms with Crippen molar-refractivity contribution in [2.24, 2.45) is 10.7 Å². The summed E-state index contributed by atoms with van der Waals surface area (Å²) in [6.07, 6.45) is 5.37. The molecule has 2 aromatic rings. The van der Waals surface area contributed by atoms with E-state index in [-0.39, 0.29) is 6.61 Å². The Morgan fingerprint density at radius 2 is 1.91 bits per heavy atom. The van der Waals surface area contributed by atoms with E-state index in [4.69, 9.17) is 15.5 Å². The van der Waals surface area contributed by atoms with Crippen LogP contribution in [0.1, 0.15) is 36.1 Å². The van der Waals surface area contributed by atoms with Gasteiger partial charge in [-0.2, -0.15) is 4.39 Å². The van der Waals surface area contributed by atoms with Gasteiger partial charge >= 0.3 is 0 Å². The first-order valence-corrected chi connectivity index (χ1v) is 10.5. The van der Waals surface area contributed by atoms with Crippen LogP contribution in [0, 0.1) is 19.8 Å². The lowest BCUT2D eigenvalue weighted by Gasteiger charge is -2.35. The third-order valence-electron chi connectivity index (χ3n) is 5.78. The van der Waals surface area contributed by atoms with Gasteiger partial charge in [0.25, 0.3) is 0 Å². The van der Waals surface area contributed by atoms with Gasteiger partial charge in [0.2, 0.25) is 5.95 Å². The molecule has 2 N–H and O–H groups in total. The van der Waals surface area contributed by atoms with Crippen molar-refractivity contribution >= 4 is 17.0 Å². The van der Waals surface area contributed by atoms with Crippen LogP contribution in [-0.2, 0) is 4.74 Å². The second kappa shape index (κ2) is 9.45. The third kappa shape index (κ3) is 4.94. The van der Waals surface area contributed by atoms with Crippen LogP contribution in [0.15, 0.2) is 78.0 Å². The number of aromatic nitrogens is 1. The molecule has 1 aliphatic rings. The first kappa shape index (κ1) is 23.4. The van der Waals surface area contributed by atoms with Crippen LogP contribution in [-0.4, -0.2) is 29.6 Å². The van der Waals surface area contributed by atoms with Crippen molar-refractivity contribution in [2.45, 2.75) is 33.2 Å². The van der Waals surface area contributed by atoms with E-state index < -0.39 is 11.5 Å². The molecule has 32 heavy (non-hydrogen) atoms. The lowest BCUT2D eigenvalue weighted by Crippen LogP contribution is -2.43. The zero-order valence-electron chi connectivity index (χ0n) is 19.2. The highest BCUT2D eigenvalue weighted by atomic mass is 19.1. The van der Waals surface area contributed by atoms with Gasteiger partial charge in [0.05, 0.1) is 6.61 Å². The summed E-state index contributed by atoms with van der Waals surface area (Å²) in [4.78, 5) is 8.42. The third-order valence-corrected chi connectivity index (χ3v) is 5.78. The van der Waals surface area contributed by atoms with Crippen molar-refractivity contribution in [3.63, 3.8) is 0 Å². The highest BCUT2D eigenvalue weighted by molar-refractivity contribution is 5.84. The van der Waals surface area contributed by atoms with Gasteiger partial charge in [0.1, 0.15) is 18.0 Å². The molecule has 0 saturated heterocycles. The van der Waals surface area contributed by atoms with Gasteiger partial charge in [-0.15, -0.1) is 0 Å². The van der Waals surface area contributed by atoms with E-state index in [9.17, 15) is 4.39 Å². The summed E-state index contributed by atoms with van der Waals surface area (Å²) in [5.74, 6) is -0.122. The van der Waals surface area contributed by atoms with Crippen LogP contribution >= 0.6 is 0 Å². The average Bonchev–Trinajstić information content (AvgIpc) is 2.75. The van der Waals surface area contributed by atoms with Crippen LogP contribution < -0.4 is 5.73 Å². The first-order valence-electron chi connectivity index (χ1n) is 10.5. The molecule has 0 radical (unpaired) electrons. The van der Waals surface area contributed by atoms with E-state index >= 15 is 0 Å². The lowest BCUT2D eigenvalue weighted by molar-refractivity contribution is 0.127. The maximum atomic E-state index is 13.6. The molecular formula is C27H30FN3O. The molecule has 0 spiro atoms. The number of pyridine rings is 1. The number of nitrogens with two attached hydrogens (primary N) is 1. The monoisotopic (exact) mass is 431 g/mol. The Hall–Kier alpha value is -3.31. The molecule has 0 amide bonds. The van der Waals surface area contributed by atoms with Crippen LogP contribution in [0.2, 0.25) is 0 Å². The van der Waals surface area contributed by atoms with Crippen molar-refractivity contribution in [2.75, 3.05) is 13.2 Å². The normalized spacial score (nSPS) is 19.5. The number of benzene rings is 1. The zero-order valence-corrected chi connectivity index (χ0v) is 19.2. The van der Waals surface area contributed by atoms with Crippen LogP contribution in [0.5, 0.6) is 0 Å². The largest absolute Gasteiger partial charge is 0.385 e. The standard InChI is InChI=1S/C27H30FN3O/c1-17-7-8-18(2)24(11-17)20(4)13-22(6)27(16-32-15-26(29)31-27)21(5)12-19(3)23-9-10-30-25(28)14-23/h7-14H,4-5,15-16H2,1-3,6H3,(H2,29,31). The van der Waals surface area contributed by atoms with Gasteiger partial charge in [-0.05, 0) is 72.7 Å². The summed E-state index contributed by atoms with van der Waals surface area (Å²) in [5.41, 5.74) is 12.7. The van der Waals surface area contributed by atoms with Gasteiger partial charge in [-0.3, -0.25) is 4.99 Å². The van der Waals surface area contributed by atoms with E-state index in [0.29, 0.717) is 18.0 Å². The Kier molecular flexibility index (Phi) is 6.90. The van der Waals surface area contributed by atoms with E-state index in [2.05, 4.69) is 50.2 Å². The Labute approximate surface area is 189 Å². The molecule has 0 bridgehead atoms. The quantitative estimate of drug-likeness (QED) is 0.480. The number of hydrogen-bond donors (Lipinski definition) is 1. The predicted octanol–water partition coefficient (Wildman–Crippen LogP) is 5.58. The van der Waals surface area contributed by atoms with Crippen molar-refractivity contribution in [3.05, 3.63) is 101 Å². The topological polar surface area (TPSA) is 60.5 Å². The number of halogens is 1. The van der Waals surface area contributed by atoms with E-state index in [1.54, 1.807) is 6.07 Å². The summed E-state index contributed by atoms with van der Waals surface area (Å²) in [6, 6.07) is 9.45. The molecule has 1 aromatic heterocycles. The molecule has 0 aliphatic carbocycles. The summed E-state index contributed by atoms with van der Waals surface area (Å²) in [6.45, 7) is 17.2. The molecule has 0 saturated carbocycles. The van der Waals surface area contributed by atoms with Crippen LogP contribution in [0.25, 0.3) is 11.1 Å². The molecule has 5 heteroatoms. The Morgan fingerprint density at radius 3 is 2.59 bits per heavy atom. The number of aliphatic imine (C=N–C) groups is 1. The van der Waals surface area contributed by atoms with Gasteiger partial charge in [0.15, 0.2) is 0 Å². The maximum absolute atomic E-state index is 13.6. The minimum atomic E-state index is -0.865. The fraction of sp³-hybridized carbons (Fsp3) is 0.259. The summed E-state index contributed by atoms with van der Waals surface area (Å²) in [5, 5.41) is 0. The van der Waals surface area contributed by atoms with Gasteiger partial charge in [-0.1, -0.05) is 49.1 Å². The molecule has 166 valence electrons. The molecule has 4 nitrogen and oxygen atoms in total. The number of amidine groups is 1. The highest BCUT2D eigenvalue weighted by Crippen LogP contribution is 2.36. The second-order valence-corrected chi connectivity index (χ2v) is 8.35. The molecule has 2 heterocycles. The number of hydrogen-bond acceptors (Lipinski definition) is 4. The molecule has 3 rings (SSSR count). The SMILES string of the molecule is C=C(C=C(C)C1(C(=C)C=C(C)c2ccnc(F)c2)COCC(N)=N1)c1cc(C)ccc1C. The minimum absolute atomic E-state index is 0.276. The fourth-order valence-corrected chi connectivity index (χ4v) is 3.88. The predicted molar refractivity (Wildman–Crippen MR) is 131 cm³/mol. The summed E-state index contributed by atoms with van der Waals surface area (Å²) < 4.78 is 19.4. The Bertz CT molecular complexity index is 1160. The summed E-state index contributed by atoms with van der Waals surface area (Å²) in [7, 11) is 0. The van der Waals surface area contributed by atoms with Crippen molar-refractivity contribution in [1.29, 1.82) is 0 Å². The average molecular weight is 432 g/mol. The smallest absolute Gasteiger partial charge is 0.213 e. The van der Waals surface area contributed by atoms with Gasteiger partial charge < -0.3 is 10.5 Å². The zero-order chi connectivity index (χ0) is 23.5. The molecule has 1 aromatic carbocycles. The van der Waals surface area contributed by atoms with E-state index in [0.717, 1.165) is 33.4 Å². The fourth-order valence-electron chi connectivity index (χ4n) is 3.88. The number of allylic oxidation sites excluding steroid dienone is 3. The Morgan fingerprint density at radius 1 is 1.16 bits per heavy atom. The van der Waals surface area contributed by atoms with Crippen molar-refractivity contribution in [1.82, 2.24) is 4.98 Å². The van der Waals surface area contributed by atoms with Crippen molar-refractivity contribution < 1.29 is 9.13 Å². The van der Waals surface area contributed by atoms with Crippen LogP contribution in [0.3, 0.4) is 0 Å². The number of ether oxygens (including phenoxy) is 1. The molecule has 1 unspecified atom stereocenters. The maximum Gasteiger partial charge on any atom is 0.213 e. The van der Waals surface area contributed by atoms with Crippen LogP contribution in [0.4, 0.5) is 4.39 Å². The minimum Gasteiger partial charge on any atom is -0.385 e. The molecule has 1 atom stereocenters. The molecular weight excluding hydrogens is 401 g/mol. The Balaban J connectivity index is 2.04. The number of rotatable bonds is 6. The molecule has 0 fully saturated rings. The van der Waals surface area contributed by atoms with Gasteiger partial charge in [-0.25, -0.2) is 4.98 Å². The van der Waals surface area contributed by atoms with E-state index in [1.165, 1.54) is 17.8 Å². The highest BCUT2D eigenvalue weighted by Gasteiger charge is 2.37. The van der Waals surface area contributed by atoms with Gasteiger partial charge in [0, 0.05) is 12.3 Å². The second-order valence-electron chi connectivity index (χ2n) is 8.35. The first-order chi connectivity index (χ1) is 15.1. The lowest BCUT2D eigenvalue weighted by atomic mass is 9.81. The molecule has 1 aliphatic heterocycles. The summed E-state index contributed by atoms with van der Waals surface area (Å²) >= 11 is 0. The van der Waals surface area contributed by atoms with E-state index in [1.807, 2.05) is 26.0 Å². The number of nitrogens with zero attached hydrogens (tertiary/aromatic N) is 2. The van der Waals surface area contributed by atoms with Crippen molar-refractivity contribution in [3.8, 4) is 0 Å².